The quantitative estimate of drug-likeness (QED) is 0.865. The summed E-state index contributed by atoms with van der Waals surface area (Å²) >= 11 is 0. The van der Waals surface area contributed by atoms with E-state index in [-0.39, 0.29) is 12.0 Å². The summed E-state index contributed by atoms with van der Waals surface area (Å²) in [6, 6.07) is 1.86. The smallest absolute Gasteiger partial charge is 0.287 e. The summed E-state index contributed by atoms with van der Waals surface area (Å²) in [5, 5.41) is 12.5. The molecule has 1 aromatic rings. The Labute approximate surface area is 107 Å². The number of aliphatic hydroxyl groups is 1. The molecule has 1 heterocycles. The molecule has 0 aliphatic heterocycles. The minimum Gasteiger partial charge on any atom is -0.456 e. The molecule has 0 bridgehead atoms. The van der Waals surface area contributed by atoms with E-state index in [1.807, 2.05) is 19.9 Å². The van der Waals surface area contributed by atoms with Crippen LogP contribution in [0.2, 0.25) is 0 Å². The topological polar surface area (TPSA) is 62.5 Å². The van der Waals surface area contributed by atoms with Gasteiger partial charge in [-0.2, -0.15) is 0 Å². The van der Waals surface area contributed by atoms with E-state index in [1.54, 1.807) is 0 Å². The number of aryl methyl sites for hydroxylation is 2. The Balaban J connectivity index is 1.86. The van der Waals surface area contributed by atoms with E-state index < -0.39 is 0 Å². The van der Waals surface area contributed by atoms with Gasteiger partial charge in [0.15, 0.2) is 5.76 Å². The van der Waals surface area contributed by atoms with Crippen molar-refractivity contribution in [1.29, 1.82) is 0 Å². The van der Waals surface area contributed by atoms with E-state index >= 15 is 0 Å². The summed E-state index contributed by atoms with van der Waals surface area (Å²) in [5.74, 6) is 1.39. The van der Waals surface area contributed by atoms with Crippen molar-refractivity contribution in [2.24, 2.45) is 5.92 Å². The molecule has 0 aromatic carbocycles. The molecule has 1 fully saturated rings. The number of hydrogen-bond acceptors (Lipinski definition) is 3. The van der Waals surface area contributed by atoms with Crippen LogP contribution < -0.4 is 5.32 Å². The van der Waals surface area contributed by atoms with E-state index in [1.165, 1.54) is 0 Å². The number of furan rings is 1. The second kappa shape index (κ2) is 5.57. The van der Waals surface area contributed by atoms with Gasteiger partial charge in [0.25, 0.3) is 5.91 Å². The summed E-state index contributed by atoms with van der Waals surface area (Å²) in [7, 11) is 0. The van der Waals surface area contributed by atoms with Crippen LogP contribution in [0.1, 0.15) is 47.6 Å². The van der Waals surface area contributed by atoms with Gasteiger partial charge in [-0.25, -0.2) is 0 Å². The molecule has 1 aromatic heterocycles. The average molecular weight is 251 g/mol. The third-order valence-electron chi connectivity index (χ3n) is 3.55. The number of amides is 1. The predicted octanol–water partition coefficient (Wildman–Crippen LogP) is 2.18. The van der Waals surface area contributed by atoms with Crippen LogP contribution in [0.25, 0.3) is 0 Å². The van der Waals surface area contributed by atoms with Crippen molar-refractivity contribution in [3.8, 4) is 0 Å². The normalized spacial score (nSPS) is 23.9. The zero-order valence-electron chi connectivity index (χ0n) is 11.0. The van der Waals surface area contributed by atoms with Crippen molar-refractivity contribution in [3.63, 3.8) is 0 Å². The average Bonchev–Trinajstić information content (AvgIpc) is 2.66. The number of rotatable bonds is 3. The van der Waals surface area contributed by atoms with Gasteiger partial charge in [-0.05, 0) is 45.1 Å². The zero-order chi connectivity index (χ0) is 13.1. The van der Waals surface area contributed by atoms with Crippen LogP contribution in [0.15, 0.2) is 10.5 Å². The summed E-state index contributed by atoms with van der Waals surface area (Å²) < 4.78 is 5.38. The molecule has 1 saturated carbocycles. The van der Waals surface area contributed by atoms with Gasteiger partial charge in [0.1, 0.15) is 5.76 Å². The van der Waals surface area contributed by atoms with E-state index in [4.69, 9.17) is 4.42 Å². The standard InChI is InChI=1S/C14H21NO3/c1-9-6-10(2)18-13(9)14(17)15-8-11-4-3-5-12(16)7-11/h6,11-12,16H,3-5,7-8H2,1-2H3,(H,15,17). The van der Waals surface area contributed by atoms with Crippen molar-refractivity contribution < 1.29 is 14.3 Å². The lowest BCUT2D eigenvalue weighted by Gasteiger charge is -2.25. The molecular formula is C14H21NO3. The van der Waals surface area contributed by atoms with E-state index in [9.17, 15) is 9.90 Å². The SMILES string of the molecule is Cc1cc(C)c(C(=O)NCC2CCCC(O)C2)o1. The summed E-state index contributed by atoms with van der Waals surface area (Å²) in [6.07, 6.45) is 3.60. The predicted molar refractivity (Wildman–Crippen MR) is 68.5 cm³/mol. The molecule has 2 N–H and O–H groups in total. The monoisotopic (exact) mass is 251 g/mol. The van der Waals surface area contributed by atoms with Crippen LogP contribution >= 0.6 is 0 Å². The lowest BCUT2D eigenvalue weighted by molar-refractivity contribution is 0.0852. The van der Waals surface area contributed by atoms with Crippen LogP contribution in [-0.2, 0) is 0 Å². The Kier molecular flexibility index (Phi) is 4.07. The van der Waals surface area contributed by atoms with Crippen LogP contribution in [0, 0.1) is 19.8 Å². The third-order valence-corrected chi connectivity index (χ3v) is 3.55. The van der Waals surface area contributed by atoms with Crippen molar-refractivity contribution in [1.82, 2.24) is 5.32 Å². The van der Waals surface area contributed by atoms with Crippen LogP contribution in [0.4, 0.5) is 0 Å². The highest BCUT2D eigenvalue weighted by molar-refractivity contribution is 5.92. The zero-order valence-corrected chi connectivity index (χ0v) is 11.0. The molecule has 2 atom stereocenters. The third kappa shape index (κ3) is 3.13. The summed E-state index contributed by atoms with van der Waals surface area (Å²) in [6.45, 7) is 4.33. The van der Waals surface area contributed by atoms with Crippen molar-refractivity contribution >= 4 is 5.91 Å². The molecular weight excluding hydrogens is 230 g/mol. The largest absolute Gasteiger partial charge is 0.456 e. The molecule has 0 spiro atoms. The second-order valence-electron chi connectivity index (χ2n) is 5.27. The highest BCUT2D eigenvalue weighted by Gasteiger charge is 2.21. The number of aliphatic hydroxyl groups excluding tert-OH is 1. The van der Waals surface area contributed by atoms with Gasteiger partial charge in [-0.3, -0.25) is 4.79 Å². The molecule has 18 heavy (non-hydrogen) atoms. The fourth-order valence-electron chi connectivity index (χ4n) is 2.63. The highest BCUT2D eigenvalue weighted by Crippen LogP contribution is 2.23. The van der Waals surface area contributed by atoms with E-state index in [0.717, 1.165) is 37.0 Å². The van der Waals surface area contributed by atoms with E-state index in [0.29, 0.717) is 18.2 Å². The lowest BCUT2D eigenvalue weighted by atomic mass is 9.87. The first-order chi connectivity index (χ1) is 8.56. The molecule has 4 nitrogen and oxygen atoms in total. The Bertz CT molecular complexity index is 425. The molecule has 2 rings (SSSR count). The number of hydrogen-bond donors (Lipinski definition) is 2. The maximum atomic E-state index is 11.9. The number of carbonyl (C=O) groups excluding carboxylic acids is 1. The minimum atomic E-state index is -0.201. The van der Waals surface area contributed by atoms with Gasteiger partial charge < -0.3 is 14.8 Å². The first-order valence-corrected chi connectivity index (χ1v) is 6.59. The lowest BCUT2D eigenvalue weighted by Crippen LogP contribution is -2.33. The Morgan fingerprint density at radius 3 is 2.89 bits per heavy atom. The maximum absolute atomic E-state index is 11.9. The minimum absolute atomic E-state index is 0.152. The first kappa shape index (κ1) is 13.1. The molecule has 1 amide bonds. The fraction of sp³-hybridized carbons (Fsp3) is 0.643. The first-order valence-electron chi connectivity index (χ1n) is 6.59. The highest BCUT2D eigenvalue weighted by atomic mass is 16.3. The molecule has 1 aliphatic carbocycles. The Morgan fingerprint density at radius 1 is 1.50 bits per heavy atom. The summed E-state index contributed by atoms with van der Waals surface area (Å²) in [4.78, 5) is 11.9. The molecule has 1 aliphatic rings. The molecule has 2 unspecified atom stereocenters. The van der Waals surface area contributed by atoms with Gasteiger partial charge >= 0.3 is 0 Å². The van der Waals surface area contributed by atoms with Crippen molar-refractivity contribution in [3.05, 3.63) is 23.2 Å². The maximum Gasteiger partial charge on any atom is 0.287 e. The molecule has 100 valence electrons. The Morgan fingerprint density at radius 2 is 2.28 bits per heavy atom. The summed E-state index contributed by atoms with van der Waals surface area (Å²) in [5.41, 5.74) is 0.869. The van der Waals surface area contributed by atoms with Crippen LogP contribution in [-0.4, -0.2) is 23.7 Å². The molecule has 4 heteroatoms. The molecule has 0 radical (unpaired) electrons. The van der Waals surface area contributed by atoms with Crippen LogP contribution in [0.3, 0.4) is 0 Å². The second-order valence-corrected chi connectivity index (χ2v) is 5.27. The Hall–Kier alpha value is -1.29. The fourth-order valence-corrected chi connectivity index (χ4v) is 2.63. The van der Waals surface area contributed by atoms with Gasteiger partial charge in [0, 0.05) is 12.1 Å². The van der Waals surface area contributed by atoms with Crippen molar-refractivity contribution in [2.75, 3.05) is 6.54 Å². The van der Waals surface area contributed by atoms with Crippen LogP contribution in [0.5, 0.6) is 0 Å². The van der Waals surface area contributed by atoms with Gasteiger partial charge in [-0.1, -0.05) is 6.42 Å². The van der Waals surface area contributed by atoms with Crippen molar-refractivity contribution in [2.45, 2.75) is 45.6 Å². The molecule has 0 saturated heterocycles. The van der Waals surface area contributed by atoms with Gasteiger partial charge in [-0.15, -0.1) is 0 Å². The number of carbonyl (C=O) groups is 1. The van der Waals surface area contributed by atoms with Gasteiger partial charge in [0.2, 0.25) is 0 Å². The number of nitrogens with one attached hydrogen (secondary N) is 1. The van der Waals surface area contributed by atoms with Gasteiger partial charge in [0.05, 0.1) is 6.10 Å². The van der Waals surface area contributed by atoms with E-state index in [2.05, 4.69) is 5.32 Å².